The number of hydrogen-bond acceptors (Lipinski definition) is 5. The van der Waals surface area contributed by atoms with Crippen molar-refractivity contribution in [1.82, 2.24) is 19.7 Å². The zero-order chi connectivity index (χ0) is 19.8. The van der Waals surface area contributed by atoms with Crippen LogP contribution >= 0.6 is 11.6 Å². The smallest absolute Gasteiger partial charge is 0.252 e. The van der Waals surface area contributed by atoms with Crippen molar-refractivity contribution in [3.05, 3.63) is 101 Å². The summed E-state index contributed by atoms with van der Waals surface area (Å²) < 4.78 is 2.04. The third-order valence-electron chi connectivity index (χ3n) is 4.86. The van der Waals surface area contributed by atoms with E-state index in [2.05, 4.69) is 27.3 Å². The minimum absolute atomic E-state index is 0.547. The normalized spacial score (nSPS) is 12.8. The van der Waals surface area contributed by atoms with Crippen LogP contribution in [-0.4, -0.2) is 25.5 Å². The van der Waals surface area contributed by atoms with Gasteiger partial charge in [-0.15, -0.1) is 10.2 Å². The van der Waals surface area contributed by atoms with Crippen molar-refractivity contribution in [1.29, 1.82) is 0 Å². The molecule has 2 aromatic heterocycles. The van der Waals surface area contributed by atoms with Gasteiger partial charge in [0.2, 0.25) is 0 Å². The molecule has 1 aliphatic heterocycles. The molecule has 0 N–H and O–H groups in total. The number of para-hydroxylation sites is 1. The standard InChI is InChI=1S/C22H17ClN6/c1-15-25-26-22-28(14-16-10-12-24-13-11-16)27-21(17-6-8-18(23)9-7-17)19-4-2-3-5-20(19)29(15)22/h2-13H,14H2,1H3. The summed E-state index contributed by atoms with van der Waals surface area (Å²) in [4.78, 5) is 4.11. The number of fused-ring (bicyclic) bond motifs is 3. The summed E-state index contributed by atoms with van der Waals surface area (Å²) in [6, 6.07) is 19.9. The lowest BCUT2D eigenvalue weighted by molar-refractivity contribution is 0.795. The van der Waals surface area contributed by atoms with E-state index in [1.54, 1.807) is 12.4 Å². The average Bonchev–Trinajstić information content (AvgIpc) is 3.07. The molecule has 0 bridgehead atoms. The minimum atomic E-state index is 0.547. The molecule has 0 radical (unpaired) electrons. The van der Waals surface area contributed by atoms with Gasteiger partial charge in [0, 0.05) is 28.5 Å². The highest BCUT2D eigenvalue weighted by molar-refractivity contribution is 6.30. The summed E-state index contributed by atoms with van der Waals surface area (Å²) >= 11 is 6.12. The Kier molecular flexibility index (Phi) is 4.33. The first-order chi connectivity index (χ1) is 14.2. The summed E-state index contributed by atoms with van der Waals surface area (Å²) in [5, 5.41) is 16.4. The van der Waals surface area contributed by atoms with Gasteiger partial charge in [-0.05, 0) is 42.8 Å². The predicted molar refractivity (Wildman–Crippen MR) is 114 cm³/mol. The Morgan fingerprint density at radius 2 is 1.66 bits per heavy atom. The van der Waals surface area contributed by atoms with E-state index < -0.39 is 0 Å². The predicted octanol–water partition coefficient (Wildman–Crippen LogP) is 4.40. The highest BCUT2D eigenvalue weighted by Gasteiger charge is 2.26. The molecule has 1 aliphatic rings. The molecule has 3 heterocycles. The SMILES string of the molecule is Cc1nnc2n1-c1ccccc1C(c1ccc(Cl)cc1)=NN2Cc1ccncc1. The number of benzene rings is 2. The molecule has 0 spiro atoms. The second-order valence-electron chi connectivity index (χ2n) is 6.77. The lowest BCUT2D eigenvalue weighted by atomic mass is 10.0. The van der Waals surface area contributed by atoms with Crippen molar-refractivity contribution in [2.75, 3.05) is 5.01 Å². The molecule has 0 atom stereocenters. The number of anilines is 1. The van der Waals surface area contributed by atoms with Crippen LogP contribution in [0.2, 0.25) is 5.02 Å². The van der Waals surface area contributed by atoms with E-state index in [1.807, 2.05) is 65.0 Å². The molecule has 4 aromatic rings. The van der Waals surface area contributed by atoms with Crippen LogP contribution in [0.3, 0.4) is 0 Å². The summed E-state index contributed by atoms with van der Waals surface area (Å²) in [5.74, 6) is 1.48. The quantitative estimate of drug-likeness (QED) is 0.511. The lowest BCUT2D eigenvalue weighted by Gasteiger charge is -2.17. The van der Waals surface area contributed by atoms with E-state index in [-0.39, 0.29) is 0 Å². The second kappa shape index (κ2) is 7.14. The third kappa shape index (κ3) is 3.17. The van der Waals surface area contributed by atoms with E-state index in [0.29, 0.717) is 17.5 Å². The van der Waals surface area contributed by atoms with Crippen LogP contribution in [-0.2, 0) is 6.54 Å². The fourth-order valence-corrected chi connectivity index (χ4v) is 3.60. The number of aryl methyl sites for hydroxylation is 1. The Morgan fingerprint density at radius 3 is 2.45 bits per heavy atom. The van der Waals surface area contributed by atoms with Gasteiger partial charge in [0.05, 0.1) is 12.2 Å². The Morgan fingerprint density at radius 1 is 0.897 bits per heavy atom. The van der Waals surface area contributed by atoms with Crippen LogP contribution < -0.4 is 5.01 Å². The van der Waals surface area contributed by atoms with Crippen LogP contribution in [0.25, 0.3) is 5.69 Å². The largest absolute Gasteiger partial charge is 0.265 e. The molecule has 7 heteroatoms. The average molecular weight is 401 g/mol. The number of pyridine rings is 1. The highest BCUT2D eigenvalue weighted by Crippen LogP contribution is 2.30. The molecule has 0 unspecified atom stereocenters. The van der Waals surface area contributed by atoms with Gasteiger partial charge in [0.15, 0.2) is 0 Å². The Hall–Kier alpha value is -3.51. The Bertz CT molecular complexity index is 1200. The molecule has 6 nitrogen and oxygen atoms in total. The van der Waals surface area contributed by atoms with Crippen molar-refractivity contribution < 1.29 is 0 Å². The van der Waals surface area contributed by atoms with Gasteiger partial charge in [0.1, 0.15) is 11.5 Å². The number of hydrazone groups is 1. The number of halogens is 1. The maximum atomic E-state index is 6.12. The maximum Gasteiger partial charge on any atom is 0.252 e. The Balaban J connectivity index is 1.73. The molecular formula is C22H17ClN6. The van der Waals surface area contributed by atoms with Crippen LogP contribution in [0.4, 0.5) is 5.95 Å². The summed E-state index contributed by atoms with van der Waals surface area (Å²) in [6.45, 7) is 2.50. The van der Waals surface area contributed by atoms with Crippen LogP contribution in [0.15, 0.2) is 78.2 Å². The fraction of sp³-hybridized carbons (Fsp3) is 0.0909. The van der Waals surface area contributed by atoms with Gasteiger partial charge in [-0.1, -0.05) is 41.9 Å². The van der Waals surface area contributed by atoms with E-state index in [0.717, 1.165) is 33.9 Å². The second-order valence-corrected chi connectivity index (χ2v) is 7.20. The minimum Gasteiger partial charge on any atom is -0.265 e. The number of aromatic nitrogens is 4. The summed E-state index contributed by atoms with van der Waals surface area (Å²) in [6.07, 6.45) is 3.56. The summed E-state index contributed by atoms with van der Waals surface area (Å²) in [7, 11) is 0. The van der Waals surface area contributed by atoms with Crippen molar-refractivity contribution in [3.63, 3.8) is 0 Å². The van der Waals surface area contributed by atoms with Crippen molar-refractivity contribution in [3.8, 4) is 5.69 Å². The molecule has 2 aromatic carbocycles. The summed E-state index contributed by atoms with van der Waals surface area (Å²) in [5.41, 5.74) is 4.93. The number of hydrogen-bond donors (Lipinski definition) is 0. The Labute approximate surface area is 173 Å². The lowest BCUT2D eigenvalue weighted by Crippen LogP contribution is -2.20. The first-order valence-corrected chi connectivity index (χ1v) is 9.61. The van der Waals surface area contributed by atoms with Crippen LogP contribution in [0.5, 0.6) is 0 Å². The van der Waals surface area contributed by atoms with E-state index in [1.165, 1.54) is 0 Å². The van der Waals surface area contributed by atoms with Gasteiger partial charge in [0.25, 0.3) is 5.95 Å². The third-order valence-corrected chi connectivity index (χ3v) is 5.11. The van der Waals surface area contributed by atoms with Gasteiger partial charge in [-0.25, -0.2) is 5.01 Å². The zero-order valence-corrected chi connectivity index (χ0v) is 16.5. The molecule has 0 amide bonds. The van der Waals surface area contributed by atoms with E-state index >= 15 is 0 Å². The molecule has 142 valence electrons. The molecule has 0 aliphatic carbocycles. The number of rotatable bonds is 3. The van der Waals surface area contributed by atoms with Gasteiger partial charge < -0.3 is 0 Å². The first kappa shape index (κ1) is 17.6. The molecule has 0 saturated heterocycles. The molecule has 0 fully saturated rings. The van der Waals surface area contributed by atoms with Crippen LogP contribution in [0.1, 0.15) is 22.5 Å². The van der Waals surface area contributed by atoms with Gasteiger partial charge >= 0.3 is 0 Å². The van der Waals surface area contributed by atoms with Crippen LogP contribution in [0, 0.1) is 6.92 Å². The monoisotopic (exact) mass is 400 g/mol. The van der Waals surface area contributed by atoms with Gasteiger partial charge in [-0.2, -0.15) is 5.10 Å². The van der Waals surface area contributed by atoms with Crippen molar-refractivity contribution in [2.24, 2.45) is 5.10 Å². The van der Waals surface area contributed by atoms with Crippen molar-refractivity contribution >= 4 is 23.3 Å². The molecule has 29 heavy (non-hydrogen) atoms. The fourth-order valence-electron chi connectivity index (χ4n) is 3.48. The van der Waals surface area contributed by atoms with Crippen molar-refractivity contribution in [2.45, 2.75) is 13.5 Å². The molecule has 5 rings (SSSR count). The topological polar surface area (TPSA) is 59.2 Å². The molecule has 0 saturated carbocycles. The van der Waals surface area contributed by atoms with Gasteiger partial charge in [-0.3, -0.25) is 9.55 Å². The number of nitrogens with zero attached hydrogens (tertiary/aromatic N) is 6. The highest BCUT2D eigenvalue weighted by atomic mass is 35.5. The first-order valence-electron chi connectivity index (χ1n) is 9.23. The zero-order valence-electron chi connectivity index (χ0n) is 15.7. The maximum absolute atomic E-state index is 6.12. The van der Waals surface area contributed by atoms with E-state index in [4.69, 9.17) is 16.7 Å². The molecular weight excluding hydrogens is 384 g/mol. The van der Waals surface area contributed by atoms with E-state index in [9.17, 15) is 0 Å².